The number of methoxy groups -OCH3 is 2. The molecule has 4 heteroatoms. The minimum absolute atomic E-state index is 0.748. The third kappa shape index (κ3) is 5.49. The summed E-state index contributed by atoms with van der Waals surface area (Å²) in [6.45, 7) is 9.54. The molecule has 1 N–H and O–H groups in total. The maximum atomic E-state index is 5.17. The van der Waals surface area contributed by atoms with Gasteiger partial charge in [0.2, 0.25) is 0 Å². The van der Waals surface area contributed by atoms with E-state index in [-0.39, 0.29) is 0 Å². The summed E-state index contributed by atoms with van der Waals surface area (Å²) < 4.78 is 10.2. The number of hydrogen-bond acceptors (Lipinski definition) is 4. The van der Waals surface area contributed by atoms with E-state index in [0.717, 1.165) is 39.4 Å². The Bertz CT molecular complexity index is 383. The van der Waals surface area contributed by atoms with E-state index >= 15 is 0 Å². The maximum Gasteiger partial charge on any atom is 0.0637 e. The maximum absolute atomic E-state index is 5.17. The molecular weight excluding hydrogens is 252 g/mol. The Labute approximate surface area is 123 Å². The SMILES string of the molecule is CCN(CCOC)c1ccc(CNCCOC)cc1C. The molecule has 114 valence electrons. The molecule has 0 fully saturated rings. The summed E-state index contributed by atoms with van der Waals surface area (Å²) >= 11 is 0. The Hall–Kier alpha value is -1.10. The van der Waals surface area contributed by atoms with Gasteiger partial charge in [-0.25, -0.2) is 0 Å². The second kappa shape index (κ2) is 9.75. The third-order valence-electron chi connectivity index (χ3n) is 3.36. The summed E-state index contributed by atoms with van der Waals surface area (Å²) in [5.74, 6) is 0. The molecule has 0 heterocycles. The van der Waals surface area contributed by atoms with Crippen LogP contribution in [0.3, 0.4) is 0 Å². The highest BCUT2D eigenvalue weighted by Crippen LogP contribution is 2.21. The number of benzene rings is 1. The van der Waals surface area contributed by atoms with Gasteiger partial charge in [-0.05, 0) is 31.0 Å². The molecule has 0 unspecified atom stereocenters. The summed E-state index contributed by atoms with van der Waals surface area (Å²) in [7, 11) is 3.47. The fraction of sp³-hybridized carbons (Fsp3) is 0.625. The molecule has 4 nitrogen and oxygen atoms in total. The van der Waals surface area contributed by atoms with Crippen molar-refractivity contribution in [2.24, 2.45) is 0 Å². The number of nitrogens with zero attached hydrogens (tertiary/aromatic N) is 1. The first-order valence-electron chi connectivity index (χ1n) is 7.26. The highest BCUT2D eigenvalue weighted by molar-refractivity contribution is 5.54. The van der Waals surface area contributed by atoms with Gasteiger partial charge in [0, 0.05) is 46.1 Å². The fourth-order valence-electron chi connectivity index (χ4n) is 2.24. The molecule has 0 aliphatic rings. The van der Waals surface area contributed by atoms with E-state index in [4.69, 9.17) is 9.47 Å². The van der Waals surface area contributed by atoms with E-state index in [1.807, 2.05) is 0 Å². The van der Waals surface area contributed by atoms with E-state index in [1.54, 1.807) is 14.2 Å². The van der Waals surface area contributed by atoms with Crippen LogP contribution in [0.4, 0.5) is 5.69 Å². The van der Waals surface area contributed by atoms with Gasteiger partial charge in [0.25, 0.3) is 0 Å². The predicted molar refractivity (Wildman–Crippen MR) is 84.5 cm³/mol. The predicted octanol–water partition coefficient (Wildman–Crippen LogP) is 2.20. The van der Waals surface area contributed by atoms with Crippen LogP contribution in [0.15, 0.2) is 18.2 Å². The molecule has 1 aromatic rings. The van der Waals surface area contributed by atoms with Crippen LogP contribution in [-0.4, -0.2) is 47.1 Å². The Morgan fingerprint density at radius 2 is 1.90 bits per heavy atom. The van der Waals surface area contributed by atoms with Crippen molar-refractivity contribution in [2.75, 3.05) is 52.0 Å². The van der Waals surface area contributed by atoms with Crippen molar-refractivity contribution in [1.82, 2.24) is 5.32 Å². The second-order valence-electron chi connectivity index (χ2n) is 4.86. The average Bonchev–Trinajstić information content (AvgIpc) is 2.46. The molecule has 20 heavy (non-hydrogen) atoms. The lowest BCUT2D eigenvalue weighted by molar-refractivity contribution is 0.199. The minimum Gasteiger partial charge on any atom is -0.383 e. The topological polar surface area (TPSA) is 33.7 Å². The molecule has 0 aromatic heterocycles. The molecule has 0 bridgehead atoms. The Morgan fingerprint density at radius 1 is 1.15 bits per heavy atom. The quantitative estimate of drug-likeness (QED) is 0.666. The van der Waals surface area contributed by atoms with Gasteiger partial charge in [-0.1, -0.05) is 12.1 Å². The van der Waals surface area contributed by atoms with Crippen molar-refractivity contribution >= 4 is 5.69 Å². The third-order valence-corrected chi connectivity index (χ3v) is 3.36. The zero-order valence-corrected chi connectivity index (χ0v) is 13.2. The summed E-state index contributed by atoms with van der Waals surface area (Å²) in [4.78, 5) is 2.35. The zero-order chi connectivity index (χ0) is 14.8. The molecule has 0 saturated heterocycles. The first kappa shape index (κ1) is 17.0. The Kier molecular flexibility index (Phi) is 8.26. The van der Waals surface area contributed by atoms with Crippen molar-refractivity contribution in [1.29, 1.82) is 0 Å². The number of likely N-dealkylation sites (N-methyl/N-ethyl adjacent to an activating group) is 1. The normalized spacial score (nSPS) is 10.8. The van der Waals surface area contributed by atoms with Crippen molar-refractivity contribution in [3.05, 3.63) is 29.3 Å². The van der Waals surface area contributed by atoms with E-state index in [0.29, 0.717) is 0 Å². The Morgan fingerprint density at radius 3 is 2.50 bits per heavy atom. The van der Waals surface area contributed by atoms with E-state index < -0.39 is 0 Å². The molecule has 0 radical (unpaired) electrons. The number of nitrogens with one attached hydrogen (secondary N) is 1. The van der Waals surface area contributed by atoms with Crippen LogP contribution in [0.2, 0.25) is 0 Å². The molecule has 0 aliphatic heterocycles. The number of aryl methyl sites for hydroxylation is 1. The van der Waals surface area contributed by atoms with Crippen LogP contribution in [0.1, 0.15) is 18.1 Å². The zero-order valence-electron chi connectivity index (χ0n) is 13.2. The van der Waals surface area contributed by atoms with Crippen LogP contribution < -0.4 is 10.2 Å². The molecule has 0 atom stereocenters. The molecule has 0 spiro atoms. The first-order chi connectivity index (χ1) is 9.72. The first-order valence-corrected chi connectivity index (χ1v) is 7.26. The Balaban J connectivity index is 2.61. The lowest BCUT2D eigenvalue weighted by Crippen LogP contribution is -2.27. The fourth-order valence-corrected chi connectivity index (χ4v) is 2.24. The summed E-state index contributed by atoms with van der Waals surface area (Å²) in [5.41, 5.74) is 3.92. The van der Waals surface area contributed by atoms with Gasteiger partial charge < -0.3 is 19.7 Å². The molecule has 1 aromatic carbocycles. The largest absolute Gasteiger partial charge is 0.383 e. The van der Waals surface area contributed by atoms with E-state index in [2.05, 4.69) is 42.3 Å². The van der Waals surface area contributed by atoms with Crippen molar-refractivity contribution in [3.63, 3.8) is 0 Å². The van der Waals surface area contributed by atoms with Gasteiger partial charge in [0.05, 0.1) is 13.2 Å². The van der Waals surface area contributed by atoms with Crippen LogP contribution in [0.5, 0.6) is 0 Å². The van der Waals surface area contributed by atoms with Crippen molar-refractivity contribution < 1.29 is 9.47 Å². The standard InChI is InChI=1S/C16H28N2O2/c1-5-18(9-11-20-4)16-7-6-15(12-14(16)2)13-17-8-10-19-3/h6-7,12,17H,5,8-11,13H2,1-4H3. The number of rotatable bonds is 10. The summed E-state index contributed by atoms with van der Waals surface area (Å²) in [5, 5.41) is 3.37. The van der Waals surface area contributed by atoms with Crippen molar-refractivity contribution in [2.45, 2.75) is 20.4 Å². The minimum atomic E-state index is 0.748. The van der Waals surface area contributed by atoms with Crippen LogP contribution in [0.25, 0.3) is 0 Å². The van der Waals surface area contributed by atoms with Crippen LogP contribution in [0, 0.1) is 6.92 Å². The number of ether oxygens (including phenoxy) is 2. The second-order valence-corrected chi connectivity index (χ2v) is 4.86. The van der Waals surface area contributed by atoms with Gasteiger partial charge in [0.15, 0.2) is 0 Å². The highest BCUT2D eigenvalue weighted by Gasteiger charge is 2.07. The number of anilines is 1. The van der Waals surface area contributed by atoms with Gasteiger partial charge in [-0.2, -0.15) is 0 Å². The average molecular weight is 280 g/mol. The smallest absolute Gasteiger partial charge is 0.0637 e. The van der Waals surface area contributed by atoms with E-state index in [9.17, 15) is 0 Å². The lowest BCUT2D eigenvalue weighted by atomic mass is 10.1. The molecule has 0 aliphatic carbocycles. The molecular formula is C16H28N2O2. The lowest BCUT2D eigenvalue weighted by Gasteiger charge is -2.25. The van der Waals surface area contributed by atoms with Gasteiger partial charge in [-0.15, -0.1) is 0 Å². The van der Waals surface area contributed by atoms with Crippen LogP contribution in [-0.2, 0) is 16.0 Å². The highest BCUT2D eigenvalue weighted by atomic mass is 16.5. The molecule has 0 saturated carbocycles. The van der Waals surface area contributed by atoms with E-state index in [1.165, 1.54) is 16.8 Å². The molecule has 1 rings (SSSR count). The summed E-state index contributed by atoms with van der Waals surface area (Å²) in [6.07, 6.45) is 0. The number of hydrogen-bond donors (Lipinski definition) is 1. The molecule has 0 amide bonds. The monoisotopic (exact) mass is 280 g/mol. The van der Waals surface area contributed by atoms with Gasteiger partial charge in [0.1, 0.15) is 0 Å². The van der Waals surface area contributed by atoms with Gasteiger partial charge >= 0.3 is 0 Å². The van der Waals surface area contributed by atoms with Gasteiger partial charge in [-0.3, -0.25) is 0 Å². The van der Waals surface area contributed by atoms with Crippen LogP contribution >= 0.6 is 0 Å². The summed E-state index contributed by atoms with van der Waals surface area (Å²) in [6, 6.07) is 6.66. The van der Waals surface area contributed by atoms with Crippen molar-refractivity contribution in [3.8, 4) is 0 Å².